The molecule has 0 aromatic rings. The first-order chi connectivity index (χ1) is 4.66. The fourth-order valence-electron chi connectivity index (χ4n) is 0.248. The van der Waals surface area contributed by atoms with Gasteiger partial charge in [0.05, 0.1) is 6.21 Å². The zero-order valence-electron chi connectivity index (χ0n) is 5.06. The molecule has 0 unspecified atom stereocenters. The molecule has 2 amide bonds. The number of rotatable bonds is 2. The van der Waals surface area contributed by atoms with Crippen LogP contribution in [0, 0.1) is 0 Å². The third kappa shape index (κ3) is 5.16. The molecule has 0 saturated heterocycles. The minimum Gasteiger partial charge on any atom is -0.376 e. The van der Waals surface area contributed by atoms with Crippen LogP contribution in [0.15, 0.2) is 4.99 Å². The van der Waals surface area contributed by atoms with E-state index >= 15 is 0 Å². The Morgan fingerprint density at radius 1 is 1.70 bits per heavy atom. The van der Waals surface area contributed by atoms with Crippen LogP contribution in [0.2, 0.25) is 0 Å². The molecule has 4 N–H and O–H groups in total. The molecule has 58 valence electrons. The molecule has 0 aliphatic rings. The van der Waals surface area contributed by atoms with Crippen molar-refractivity contribution in [1.82, 2.24) is 5.32 Å². The molecule has 0 rings (SSSR count). The van der Waals surface area contributed by atoms with E-state index in [0.717, 1.165) is 0 Å². The van der Waals surface area contributed by atoms with Crippen LogP contribution in [0.25, 0.3) is 0 Å². The largest absolute Gasteiger partial charge is 0.376 e. The van der Waals surface area contributed by atoms with Gasteiger partial charge in [0.25, 0.3) is 0 Å². The average molecular weight is 148 g/mol. The van der Waals surface area contributed by atoms with Crippen molar-refractivity contribution in [3.63, 3.8) is 0 Å². The number of urea groups is 1. The topological polar surface area (TPSA) is 102 Å². The molecule has 0 aromatic carbocycles. The number of hydrogen-bond acceptors (Lipinski definition) is 4. The van der Waals surface area contributed by atoms with Crippen molar-refractivity contribution in [2.75, 3.05) is 6.73 Å². The first-order valence-corrected chi connectivity index (χ1v) is 2.46. The third-order valence-electron chi connectivity index (χ3n) is 0.555. The minimum atomic E-state index is -1.75. The number of carbonyl (C=O) groups excluding carboxylic acids is 1. The van der Waals surface area contributed by atoms with Crippen LogP contribution < -0.4 is 5.32 Å². The molecule has 6 nitrogen and oxygen atoms in total. The highest BCUT2D eigenvalue weighted by molar-refractivity contribution is 5.84. The quantitative estimate of drug-likeness (QED) is 0.269. The zero-order valence-corrected chi connectivity index (χ0v) is 5.06. The molecule has 0 aliphatic heterocycles. The van der Waals surface area contributed by atoms with Crippen molar-refractivity contribution in [2.24, 2.45) is 4.99 Å². The fourth-order valence-corrected chi connectivity index (χ4v) is 0.248. The Bertz CT molecular complexity index is 133. The van der Waals surface area contributed by atoms with Gasteiger partial charge in [-0.1, -0.05) is 0 Å². The van der Waals surface area contributed by atoms with Crippen molar-refractivity contribution in [3.05, 3.63) is 0 Å². The molecule has 0 bridgehead atoms. The predicted molar refractivity (Wildman–Crippen MR) is 32.3 cm³/mol. The lowest BCUT2D eigenvalue weighted by Crippen LogP contribution is -2.21. The van der Waals surface area contributed by atoms with E-state index in [0.29, 0.717) is 6.21 Å². The Hall–Kier alpha value is -0.980. The van der Waals surface area contributed by atoms with E-state index in [2.05, 4.69) is 4.99 Å². The van der Waals surface area contributed by atoms with Crippen molar-refractivity contribution < 1.29 is 20.1 Å². The Morgan fingerprint density at radius 2 is 2.30 bits per heavy atom. The maximum Gasteiger partial charge on any atom is 0.342 e. The Morgan fingerprint density at radius 3 is 2.70 bits per heavy atom. The number of hydrogen-bond donors (Lipinski definition) is 4. The van der Waals surface area contributed by atoms with Gasteiger partial charge < -0.3 is 20.6 Å². The van der Waals surface area contributed by atoms with E-state index in [1.807, 2.05) is 5.32 Å². The second-order valence-electron chi connectivity index (χ2n) is 1.33. The number of aliphatic hydroxyl groups excluding tert-OH is 2. The van der Waals surface area contributed by atoms with E-state index in [4.69, 9.17) is 15.3 Å². The standard InChI is InChI=1S/C4H8N2O4/c7-2-6-4(10)5-1-3(8)9/h1,3,7-9H,2H2,(H,6,10). The number of nitrogens with zero attached hydrogens (tertiary/aromatic N) is 1. The summed E-state index contributed by atoms with van der Waals surface area (Å²) in [5.41, 5.74) is 0. The number of aliphatic imine (C=N–C) groups is 1. The summed E-state index contributed by atoms with van der Waals surface area (Å²) < 4.78 is 0. The molecular weight excluding hydrogens is 140 g/mol. The highest BCUT2D eigenvalue weighted by atomic mass is 16.5. The van der Waals surface area contributed by atoms with Gasteiger partial charge in [-0.15, -0.1) is 0 Å². The highest BCUT2D eigenvalue weighted by Crippen LogP contribution is 1.72. The molecule has 0 spiro atoms. The zero-order chi connectivity index (χ0) is 7.98. The van der Waals surface area contributed by atoms with Crippen LogP contribution in [-0.2, 0) is 0 Å². The molecule has 0 saturated carbocycles. The van der Waals surface area contributed by atoms with Gasteiger partial charge in [0.2, 0.25) is 0 Å². The summed E-state index contributed by atoms with van der Waals surface area (Å²) in [4.78, 5) is 13.2. The molecule has 0 heterocycles. The molecule has 0 aliphatic carbocycles. The third-order valence-corrected chi connectivity index (χ3v) is 0.555. The normalized spacial score (nSPS) is 10.8. The lowest BCUT2D eigenvalue weighted by Gasteiger charge is -1.93. The maximum absolute atomic E-state index is 10.3. The summed E-state index contributed by atoms with van der Waals surface area (Å²) in [6.07, 6.45) is -1.12. The van der Waals surface area contributed by atoms with Gasteiger partial charge in [-0.25, -0.2) is 9.79 Å². The monoisotopic (exact) mass is 148 g/mol. The molecule has 0 aromatic heterocycles. The van der Waals surface area contributed by atoms with Crippen molar-refractivity contribution in [3.8, 4) is 0 Å². The maximum atomic E-state index is 10.3. The Balaban J connectivity index is 3.56. The lowest BCUT2D eigenvalue weighted by atomic mass is 10.7. The summed E-state index contributed by atoms with van der Waals surface area (Å²) in [7, 11) is 0. The van der Waals surface area contributed by atoms with Gasteiger partial charge in [0, 0.05) is 0 Å². The molecule has 0 radical (unpaired) electrons. The smallest absolute Gasteiger partial charge is 0.342 e. The summed E-state index contributed by atoms with van der Waals surface area (Å²) >= 11 is 0. The summed E-state index contributed by atoms with van der Waals surface area (Å²) in [6.45, 7) is -0.530. The van der Waals surface area contributed by atoms with Crippen LogP contribution in [0.4, 0.5) is 4.79 Å². The molecule has 0 fully saturated rings. The van der Waals surface area contributed by atoms with Crippen LogP contribution in [0.5, 0.6) is 0 Å². The second-order valence-corrected chi connectivity index (χ2v) is 1.33. The van der Waals surface area contributed by atoms with Gasteiger partial charge in [-0.3, -0.25) is 0 Å². The number of amides is 2. The lowest BCUT2D eigenvalue weighted by molar-refractivity contribution is 0.0238. The highest BCUT2D eigenvalue weighted by Gasteiger charge is 1.94. The van der Waals surface area contributed by atoms with E-state index in [1.54, 1.807) is 0 Å². The Kier molecular flexibility index (Phi) is 4.38. The van der Waals surface area contributed by atoms with E-state index in [9.17, 15) is 4.79 Å². The number of carbonyl (C=O) groups is 1. The van der Waals surface area contributed by atoms with Gasteiger partial charge in [-0.2, -0.15) is 0 Å². The molecule has 6 heteroatoms. The van der Waals surface area contributed by atoms with Crippen LogP contribution >= 0.6 is 0 Å². The summed E-state index contributed by atoms with van der Waals surface area (Å²) in [6, 6.07) is -0.824. The molecule has 10 heavy (non-hydrogen) atoms. The van der Waals surface area contributed by atoms with E-state index < -0.39 is 19.1 Å². The van der Waals surface area contributed by atoms with Crippen molar-refractivity contribution in [1.29, 1.82) is 0 Å². The fraction of sp³-hybridized carbons (Fsp3) is 0.500. The average Bonchev–Trinajstić information content (AvgIpc) is 1.85. The molecule has 0 atom stereocenters. The van der Waals surface area contributed by atoms with Gasteiger partial charge in [-0.05, 0) is 0 Å². The van der Waals surface area contributed by atoms with E-state index in [1.165, 1.54) is 0 Å². The van der Waals surface area contributed by atoms with Gasteiger partial charge >= 0.3 is 6.03 Å². The Labute approximate surface area is 56.8 Å². The van der Waals surface area contributed by atoms with Crippen molar-refractivity contribution >= 4 is 12.2 Å². The van der Waals surface area contributed by atoms with Gasteiger partial charge in [0.1, 0.15) is 6.73 Å². The second kappa shape index (κ2) is 4.86. The number of nitrogens with one attached hydrogen (secondary N) is 1. The summed E-state index contributed by atoms with van der Waals surface area (Å²) in [5.74, 6) is 0. The molecular formula is C4H8N2O4. The van der Waals surface area contributed by atoms with E-state index in [-0.39, 0.29) is 0 Å². The van der Waals surface area contributed by atoms with Gasteiger partial charge in [0.15, 0.2) is 6.29 Å². The van der Waals surface area contributed by atoms with Crippen LogP contribution in [0.1, 0.15) is 0 Å². The summed E-state index contributed by atoms with van der Waals surface area (Å²) in [5, 5.41) is 26.2. The first-order valence-electron chi connectivity index (χ1n) is 2.46. The van der Waals surface area contributed by atoms with Crippen LogP contribution in [-0.4, -0.2) is 40.6 Å². The predicted octanol–water partition coefficient (Wildman–Crippen LogP) is -1.97. The SMILES string of the molecule is O=C(N=CC(O)O)NCO. The minimum absolute atomic E-state index is 0.530. The van der Waals surface area contributed by atoms with Crippen molar-refractivity contribution in [2.45, 2.75) is 6.29 Å². The first kappa shape index (κ1) is 9.02. The number of aliphatic hydroxyl groups is 3. The van der Waals surface area contributed by atoms with Crippen LogP contribution in [0.3, 0.4) is 0 Å².